The average molecular weight is 314 g/mol. The summed E-state index contributed by atoms with van der Waals surface area (Å²) in [4.78, 5) is 10.8. The Morgan fingerprint density at radius 1 is 1.19 bits per heavy atom. The van der Waals surface area contributed by atoms with Gasteiger partial charge in [0.1, 0.15) is 17.4 Å². The molecule has 0 spiro atoms. The molecular weight excluding hydrogens is 304 g/mol. The van der Waals surface area contributed by atoms with Gasteiger partial charge in [-0.2, -0.15) is 0 Å². The summed E-state index contributed by atoms with van der Waals surface area (Å²) in [6, 6.07) is 5.81. The molecule has 0 unspecified atom stereocenters. The molecule has 0 heterocycles. The number of nitrogens with one attached hydrogen (secondary N) is 1. The molecule has 21 heavy (non-hydrogen) atoms. The smallest absolute Gasteiger partial charge is 0.338 e. The molecule has 4 nitrogen and oxygen atoms in total. The van der Waals surface area contributed by atoms with Crippen LogP contribution in [0, 0.1) is 11.6 Å². The first-order valence-electron chi connectivity index (χ1n) is 5.82. The van der Waals surface area contributed by atoms with Gasteiger partial charge in [-0.1, -0.05) is 17.7 Å². The molecule has 2 aromatic carbocycles. The Hall–Kier alpha value is -2.34. The molecule has 0 aliphatic heterocycles. The van der Waals surface area contributed by atoms with E-state index in [1.54, 1.807) is 6.07 Å². The Balaban J connectivity index is 2.21. The van der Waals surface area contributed by atoms with Gasteiger partial charge in [0.25, 0.3) is 0 Å². The van der Waals surface area contributed by atoms with Crippen molar-refractivity contribution in [1.29, 1.82) is 0 Å². The molecule has 110 valence electrons. The lowest BCUT2D eigenvalue weighted by atomic mass is 10.1. The summed E-state index contributed by atoms with van der Waals surface area (Å²) in [6.45, 7) is 0.127. The predicted molar refractivity (Wildman–Crippen MR) is 73.8 cm³/mol. The van der Waals surface area contributed by atoms with E-state index in [2.05, 4.69) is 5.32 Å². The van der Waals surface area contributed by atoms with Crippen molar-refractivity contribution in [2.75, 3.05) is 5.32 Å². The van der Waals surface area contributed by atoms with Crippen molar-refractivity contribution in [3.63, 3.8) is 0 Å². The largest absolute Gasteiger partial charge is 0.506 e. The van der Waals surface area contributed by atoms with E-state index in [0.717, 1.165) is 6.07 Å². The first-order chi connectivity index (χ1) is 9.88. The van der Waals surface area contributed by atoms with E-state index in [1.165, 1.54) is 12.1 Å². The first-order valence-corrected chi connectivity index (χ1v) is 6.20. The van der Waals surface area contributed by atoms with E-state index < -0.39 is 23.2 Å². The monoisotopic (exact) mass is 313 g/mol. The highest BCUT2D eigenvalue weighted by molar-refractivity contribution is 6.32. The number of phenols is 1. The van der Waals surface area contributed by atoms with Crippen LogP contribution in [0.1, 0.15) is 15.9 Å². The number of carboxylic acid groups (broad SMARTS) is 1. The van der Waals surface area contributed by atoms with Crippen molar-refractivity contribution in [2.24, 2.45) is 0 Å². The molecule has 0 aromatic heterocycles. The number of hydrogen-bond acceptors (Lipinski definition) is 3. The topological polar surface area (TPSA) is 69.6 Å². The van der Waals surface area contributed by atoms with Gasteiger partial charge in [0, 0.05) is 12.6 Å². The van der Waals surface area contributed by atoms with Crippen LogP contribution in [0.4, 0.5) is 14.5 Å². The van der Waals surface area contributed by atoms with Crippen LogP contribution >= 0.6 is 11.6 Å². The fourth-order valence-electron chi connectivity index (χ4n) is 1.71. The van der Waals surface area contributed by atoms with Crippen LogP contribution in [0.5, 0.6) is 5.75 Å². The summed E-state index contributed by atoms with van der Waals surface area (Å²) in [5, 5.41) is 20.9. The highest BCUT2D eigenvalue weighted by Crippen LogP contribution is 2.25. The molecule has 2 rings (SSSR count). The zero-order valence-corrected chi connectivity index (χ0v) is 11.3. The minimum atomic E-state index is -1.48. The zero-order valence-electron chi connectivity index (χ0n) is 10.5. The molecule has 3 N–H and O–H groups in total. The van der Waals surface area contributed by atoms with Crippen LogP contribution in [0.2, 0.25) is 5.02 Å². The van der Waals surface area contributed by atoms with Gasteiger partial charge in [-0.3, -0.25) is 0 Å². The molecular formula is C14H10ClF2NO3. The molecule has 0 aliphatic rings. The second-order valence-corrected chi connectivity index (χ2v) is 4.66. The third-order valence-electron chi connectivity index (χ3n) is 2.78. The SMILES string of the molecule is O=C(O)c1cc(NCc2ccc(O)c(Cl)c2)c(F)cc1F. The average Bonchev–Trinajstić information content (AvgIpc) is 2.41. The summed E-state index contributed by atoms with van der Waals surface area (Å²) < 4.78 is 26.8. The summed E-state index contributed by atoms with van der Waals surface area (Å²) in [5.74, 6) is -3.61. The maximum atomic E-state index is 13.6. The summed E-state index contributed by atoms with van der Waals surface area (Å²) in [5.41, 5.74) is -0.126. The van der Waals surface area contributed by atoms with Crippen LogP contribution in [0.3, 0.4) is 0 Å². The number of aromatic hydroxyl groups is 1. The van der Waals surface area contributed by atoms with Gasteiger partial charge >= 0.3 is 5.97 Å². The fraction of sp³-hybridized carbons (Fsp3) is 0.0714. The molecule has 0 bridgehead atoms. The molecule has 0 amide bonds. The summed E-state index contributed by atoms with van der Waals surface area (Å²) in [7, 11) is 0. The predicted octanol–water partition coefficient (Wildman–Crippen LogP) is 3.63. The molecule has 7 heteroatoms. The number of carboxylic acids is 1. The highest BCUT2D eigenvalue weighted by atomic mass is 35.5. The van der Waals surface area contributed by atoms with Gasteiger partial charge < -0.3 is 15.5 Å². The number of hydrogen-bond donors (Lipinski definition) is 3. The van der Waals surface area contributed by atoms with Crippen molar-refractivity contribution in [3.05, 3.63) is 58.1 Å². The number of rotatable bonds is 4. The third kappa shape index (κ3) is 3.41. The van der Waals surface area contributed by atoms with Crippen molar-refractivity contribution in [2.45, 2.75) is 6.54 Å². The van der Waals surface area contributed by atoms with E-state index >= 15 is 0 Å². The number of benzene rings is 2. The van der Waals surface area contributed by atoms with Gasteiger partial charge in [-0.05, 0) is 23.8 Å². The standard InChI is InChI=1S/C14H10ClF2NO3/c15-9-3-7(1-2-13(9)19)6-18-12-4-8(14(20)21)10(16)5-11(12)17/h1-5,18-19H,6H2,(H,20,21). The van der Waals surface area contributed by atoms with Gasteiger partial charge in [-0.25, -0.2) is 13.6 Å². The molecule has 0 radical (unpaired) electrons. The summed E-state index contributed by atoms with van der Waals surface area (Å²) in [6.07, 6.45) is 0. The van der Waals surface area contributed by atoms with Crippen LogP contribution in [-0.2, 0) is 6.54 Å². The second-order valence-electron chi connectivity index (χ2n) is 4.26. The molecule has 0 saturated carbocycles. The number of phenolic OH excluding ortho intramolecular Hbond substituents is 1. The minimum absolute atomic E-state index is 0.0819. The van der Waals surface area contributed by atoms with Crippen LogP contribution < -0.4 is 5.32 Å². The van der Waals surface area contributed by atoms with E-state index in [9.17, 15) is 18.7 Å². The zero-order chi connectivity index (χ0) is 15.6. The fourth-order valence-corrected chi connectivity index (χ4v) is 1.91. The van der Waals surface area contributed by atoms with E-state index in [0.29, 0.717) is 11.6 Å². The van der Waals surface area contributed by atoms with Crippen molar-refractivity contribution in [1.82, 2.24) is 0 Å². The van der Waals surface area contributed by atoms with Crippen LogP contribution in [0.25, 0.3) is 0 Å². The Morgan fingerprint density at radius 2 is 1.90 bits per heavy atom. The molecule has 0 fully saturated rings. The normalized spacial score (nSPS) is 10.4. The highest BCUT2D eigenvalue weighted by Gasteiger charge is 2.15. The Morgan fingerprint density at radius 3 is 2.52 bits per heavy atom. The Kier molecular flexibility index (Phi) is 4.28. The Labute approximate surface area is 123 Å². The lowest BCUT2D eigenvalue weighted by Crippen LogP contribution is -2.06. The summed E-state index contributed by atoms with van der Waals surface area (Å²) >= 11 is 5.74. The van der Waals surface area contributed by atoms with Crippen molar-refractivity contribution < 1.29 is 23.8 Å². The number of halogens is 3. The van der Waals surface area contributed by atoms with E-state index in [4.69, 9.17) is 16.7 Å². The number of carbonyl (C=O) groups is 1. The van der Waals surface area contributed by atoms with Crippen molar-refractivity contribution in [3.8, 4) is 5.75 Å². The minimum Gasteiger partial charge on any atom is -0.506 e. The molecule has 0 saturated heterocycles. The molecule has 0 atom stereocenters. The Bertz CT molecular complexity index is 707. The second kappa shape index (κ2) is 5.97. The maximum Gasteiger partial charge on any atom is 0.338 e. The number of aromatic carboxylic acids is 1. The lowest BCUT2D eigenvalue weighted by molar-refractivity contribution is 0.0692. The van der Waals surface area contributed by atoms with Gasteiger partial charge in [0.2, 0.25) is 0 Å². The number of anilines is 1. The van der Waals surface area contributed by atoms with Crippen molar-refractivity contribution >= 4 is 23.3 Å². The van der Waals surface area contributed by atoms with Gasteiger partial charge in [0.05, 0.1) is 16.3 Å². The lowest BCUT2D eigenvalue weighted by Gasteiger charge is -2.10. The van der Waals surface area contributed by atoms with Gasteiger partial charge in [0.15, 0.2) is 0 Å². The maximum absolute atomic E-state index is 13.6. The molecule has 0 aliphatic carbocycles. The van der Waals surface area contributed by atoms with Crippen LogP contribution in [0.15, 0.2) is 30.3 Å². The van der Waals surface area contributed by atoms with Gasteiger partial charge in [-0.15, -0.1) is 0 Å². The quantitative estimate of drug-likeness (QED) is 0.806. The molecule has 2 aromatic rings. The third-order valence-corrected chi connectivity index (χ3v) is 3.08. The van der Waals surface area contributed by atoms with E-state index in [1.807, 2.05) is 0 Å². The van der Waals surface area contributed by atoms with Crippen LogP contribution in [-0.4, -0.2) is 16.2 Å². The van der Waals surface area contributed by atoms with E-state index in [-0.39, 0.29) is 23.0 Å². The first kappa shape index (κ1) is 15.1.